The zero-order valence-corrected chi connectivity index (χ0v) is 17.9. The summed E-state index contributed by atoms with van der Waals surface area (Å²) >= 11 is 0. The first-order valence-electron chi connectivity index (χ1n) is 9.57. The Balaban J connectivity index is 2.04. The van der Waals surface area contributed by atoms with Crippen LogP contribution in [0.3, 0.4) is 0 Å². The van der Waals surface area contributed by atoms with Crippen molar-refractivity contribution in [3.05, 3.63) is 41.2 Å². The molecule has 1 unspecified atom stereocenters. The number of carbonyl (C=O) groups is 1. The molecule has 1 aromatic carbocycles. The molecule has 7 nitrogen and oxygen atoms in total. The minimum atomic E-state index is -3.73. The number of benzene rings is 1. The van der Waals surface area contributed by atoms with Gasteiger partial charge in [-0.2, -0.15) is 0 Å². The van der Waals surface area contributed by atoms with Gasteiger partial charge in [0.15, 0.2) is 14.6 Å². The van der Waals surface area contributed by atoms with E-state index in [-0.39, 0.29) is 18.6 Å². The summed E-state index contributed by atoms with van der Waals surface area (Å²) in [5.74, 6) is 4.03. The number of carbonyl (C=O) groups excluding carboxylic acids is 1. The van der Waals surface area contributed by atoms with Crippen LogP contribution in [-0.2, 0) is 14.6 Å². The fraction of sp³-hybridized carbons (Fsp3) is 0.476. The summed E-state index contributed by atoms with van der Waals surface area (Å²) in [5, 5.41) is 17.6. The van der Waals surface area contributed by atoms with Gasteiger partial charge in [-0.15, -0.1) is 0 Å². The van der Waals surface area contributed by atoms with Crippen LogP contribution in [0.2, 0.25) is 0 Å². The number of aliphatic hydroxyl groups is 1. The van der Waals surface area contributed by atoms with Gasteiger partial charge in [0.2, 0.25) is 0 Å². The summed E-state index contributed by atoms with van der Waals surface area (Å²) in [6.45, 7) is 2.76. The highest BCUT2D eigenvalue weighted by atomic mass is 32.2. The molecular formula is C21H27FN2O5S. The lowest BCUT2D eigenvalue weighted by Gasteiger charge is -2.31. The van der Waals surface area contributed by atoms with Gasteiger partial charge in [-0.05, 0) is 43.0 Å². The zero-order valence-electron chi connectivity index (χ0n) is 17.1. The van der Waals surface area contributed by atoms with Crippen LogP contribution in [0.4, 0.5) is 4.39 Å². The maximum Gasteiger partial charge on any atom is 0.264 e. The van der Waals surface area contributed by atoms with E-state index in [2.05, 4.69) is 11.8 Å². The molecular weight excluding hydrogens is 411 g/mol. The molecule has 0 saturated heterocycles. The molecule has 1 atom stereocenters. The highest BCUT2D eigenvalue weighted by molar-refractivity contribution is 7.92. The van der Waals surface area contributed by atoms with Crippen molar-refractivity contribution in [1.29, 1.82) is 0 Å². The Morgan fingerprint density at radius 1 is 1.40 bits per heavy atom. The van der Waals surface area contributed by atoms with Crippen molar-refractivity contribution in [2.75, 3.05) is 32.5 Å². The van der Waals surface area contributed by atoms with Crippen LogP contribution in [0.1, 0.15) is 37.3 Å². The Labute approximate surface area is 176 Å². The number of nitrogens with one attached hydrogen (secondary N) is 1. The summed E-state index contributed by atoms with van der Waals surface area (Å²) in [6, 6.07) is 4.86. The van der Waals surface area contributed by atoms with E-state index in [1.54, 1.807) is 12.1 Å². The van der Waals surface area contributed by atoms with Gasteiger partial charge < -0.3 is 5.11 Å². The Hall–Kier alpha value is -2.25. The van der Waals surface area contributed by atoms with Crippen molar-refractivity contribution in [2.45, 2.75) is 30.9 Å². The second-order valence-corrected chi connectivity index (χ2v) is 9.89. The van der Waals surface area contributed by atoms with Gasteiger partial charge in [-0.3, -0.25) is 14.9 Å². The van der Waals surface area contributed by atoms with Gasteiger partial charge in [0.05, 0.1) is 12.2 Å². The molecule has 2 rings (SSSR count). The number of aliphatic hydroxyl groups excluding tert-OH is 1. The number of hydrogen-bond acceptors (Lipinski definition) is 6. The van der Waals surface area contributed by atoms with Gasteiger partial charge >= 0.3 is 0 Å². The SMILES string of the molecule is CC(CCN1CC=C(c2ccc(C#CCCO)c(F)c2)CC1)(C(=O)NO)S(C)(=O)=O. The van der Waals surface area contributed by atoms with Crippen LogP contribution in [0, 0.1) is 17.7 Å². The van der Waals surface area contributed by atoms with Gasteiger partial charge in [-0.25, -0.2) is 18.3 Å². The number of hydrogen-bond donors (Lipinski definition) is 3. The van der Waals surface area contributed by atoms with Gasteiger partial charge in [-0.1, -0.05) is 24.0 Å². The fourth-order valence-corrected chi connectivity index (χ4v) is 4.01. The topological polar surface area (TPSA) is 107 Å². The Bertz CT molecular complexity index is 981. The molecule has 0 spiro atoms. The van der Waals surface area contributed by atoms with E-state index in [9.17, 15) is 17.6 Å². The minimum Gasteiger partial charge on any atom is -0.395 e. The van der Waals surface area contributed by atoms with Crippen LogP contribution in [0.15, 0.2) is 24.3 Å². The number of sulfone groups is 1. The highest BCUT2D eigenvalue weighted by Gasteiger charge is 2.43. The average Bonchev–Trinajstić information content (AvgIpc) is 2.72. The first kappa shape index (κ1) is 24.0. The van der Waals surface area contributed by atoms with E-state index in [1.807, 2.05) is 11.0 Å². The van der Waals surface area contributed by atoms with E-state index in [1.165, 1.54) is 18.5 Å². The summed E-state index contributed by atoms with van der Waals surface area (Å²) < 4.78 is 36.6. The molecule has 1 amide bonds. The van der Waals surface area contributed by atoms with Crippen molar-refractivity contribution >= 4 is 21.3 Å². The molecule has 0 aliphatic carbocycles. The molecule has 9 heteroatoms. The predicted molar refractivity (Wildman–Crippen MR) is 112 cm³/mol. The number of halogens is 1. The molecule has 1 aromatic rings. The highest BCUT2D eigenvalue weighted by Crippen LogP contribution is 2.26. The lowest BCUT2D eigenvalue weighted by atomic mass is 9.97. The first-order chi connectivity index (χ1) is 14.1. The lowest BCUT2D eigenvalue weighted by molar-refractivity contribution is -0.131. The van der Waals surface area contributed by atoms with Crippen LogP contribution in [-0.4, -0.2) is 66.8 Å². The molecule has 0 aromatic heterocycles. The third kappa shape index (κ3) is 5.67. The standard InChI is InChI=1S/C21H27FN2O5S/c1-21(20(26)23-27,30(2,28)29)10-13-24-11-8-16(9-12-24)18-7-6-17(19(22)15-18)5-3-4-14-25/h6-8,15,25,27H,4,9-14H2,1-2H3,(H,23,26). The van der Waals surface area contributed by atoms with E-state index in [0.717, 1.165) is 17.4 Å². The first-order valence-corrected chi connectivity index (χ1v) is 11.5. The number of hydroxylamine groups is 1. The second-order valence-electron chi connectivity index (χ2n) is 7.44. The van der Waals surface area contributed by atoms with Crippen LogP contribution in [0.5, 0.6) is 0 Å². The van der Waals surface area contributed by atoms with Gasteiger partial charge in [0, 0.05) is 32.3 Å². The molecule has 1 aliphatic rings. The monoisotopic (exact) mass is 438 g/mol. The average molecular weight is 439 g/mol. The van der Waals surface area contributed by atoms with Crippen LogP contribution in [0.25, 0.3) is 5.57 Å². The fourth-order valence-electron chi connectivity index (χ4n) is 3.16. The largest absolute Gasteiger partial charge is 0.395 e. The summed E-state index contributed by atoms with van der Waals surface area (Å²) in [7, 11) is -3.73. The van der Waals surface area contributed by atoms with Crippen LogP contribution < -0.4 is 5.48 Å². The van der Waals surface area contributed by atoms with Crippen molar-refractivity contribution in [1.82, 2.24) is 10.4 Å². The van der Waals surface area contributed by atoms with Crippen molar-refractivity contribution in [2.24, 2.45) is 0 Å². The Kier molecular flexibility index (Phi) is 8.15. The third-order valence-corrected chi connectivity index (χ3v) is 7.42. The smallest absolute Gasteiger partial charge is 0.264 e. The maximum absolute atomic E-state index is 14.3. The van der Waals surface area contributed by atoms with E-state index in [4.69, 9.17) is 10.3 Å². The third-order valence-electron chi connectivity index (χ3n) is 5.40. The van der Waals surface area contributed by atoms with Gasteiger partial charge in [0.25, 0.3) is 5.91 Å². The number of nitrogens with zero attached hydrogens (tertiary/aromatic N) is 1. The summed E-state index contributed by atoms with van der Waals surface area (Å²) in [6.07, 6.45) is 3.91. The van der Waals surface area contributed by atoms with Crippen molar-refractivity contribution < 1.29 is 27.9 Å². The predicted octanol–water partition coefficient (Wildman–Crippen LogP) is 1.35. The maximum atomic E-state index is 14.3. The van der Waals surface area contributed by atoms with E-state index in [0.29, 0.717) is 32.5 Å². The molecule has 3 N–H and O–H groups in total. The van der Waals surface area contributed by atoms with Crippen LogP contribution >= 0.6 is 0 Å². The number of amides is 1. The molecule has 30 heavy (non-hydrogen) atoms. The summed E-state index contributed by atoms with van der Waals surface area (Å²) in [5.41, 5.74) is 3.48. The van der Waals surface area contributed by atoms with E-state index < -0.39 is 26.3 Å². The molecule has 0 bridgehead atoms. The minimum absolute atomic E-state index is 0.0389. The second kappa shape index (κ2) is 10.2. The number of rotatable bonds is 7. The molecule has 0 radical (unpaired) electrons. The van der Waals surface area contributed by atoms with Crippen molar-refractivity contribution in [3.63, 3.8) is 0 Å². The molecule has 0 saturated carbocycles. The summed E-state index contributed by atoms with van der Waals surface area (Å²) in [4.78, 5) is 13.9. The Morgan fingerprint density at radius 2 is 2.13 bits per heavy atom. The zero-order chi connectivity index (χ0) is 22.4. The molecule has 164 valence electrons. The quantitative estimate of drug-likeness (QED) is 0.337. The van der Waals surface area contributed by atoms with Gasteiger partial charge in [0.1, 0.15) is 5.82 Å². The van der Waals surface area contributed by atoms with Crippen molar-refractivity contribution in [3.8, 4) is 11.8 Å². The molecule has 1 aliphatic heterocycles. The van der Waals surface area contributed by atoms with E-state index >= 15 is 0 Å². The lowest BCUT2D eigenvalue weighted by Crippen LogP contribution is -2.51. The molecule has 1 heterocycles. The normalized spacial score (nSPS) is 16.8. The Morgan fingerprint density at radius 3 is 2.67 bits per heavy atom. The molecule has 0 fully saturated rings.